The Balaban J connectivity index is 1.34. The summed E-state index contributed by atoms with van der Waals surface area (Å²) in [5.74, 6) is 1.40. The molecule has 0 fully saturated rings. The van der Waals surface area contributed by atoms with Gasteiger partial charge in [-0.05, 0) is 47.5 Å². The van der Waals surface area contributed by atoms with Crippen LogP contribution in [-0.2, 0) is 13.2 Å². The van der Waals surface area contributed by atoms with E-state index in [1.54, 1.807) is 12.5 Å². The van der Waals surface area contributed by atoms with E-state index in [-0.39, 0.29) is 5.91 Å². The van der Waals surface area contributed by atoms with Gasteiger partial charge in [-0.15, -0.1) is 11.3 Å². The Morgan fingerprint density at radius 2 is 1.71 bits per heavy atom. The maximum atomic E-state index is 12.4. The van der Waals surface area contributed by atoms with Crippen LogP contribution in [0.4, 0.5) is 0 Å². The van der Waals surface area contributed by atoms with Crippen LogP contribution < -0.4 is 14.8 Å². The van der Waals surface area contributed by atoms with E-state index in [0.717, 1.165) is 33.2 Å². The van der Waals surface area contributed by atoms with Gasteiger partial charge in [0, 0.05) is 17.5 Å². The van der Waals surface area contributed by atoms with Gasteiger partial charge in [-0.2, -0.15) is 0 Å². The summed E-state index contributed by atoms with van der Waals surface area (Å²) in [7, 11) is 1.65. The van der Waals surface area contributed by atoms with Crippen LogP contribution in [0.15, 0.2) is 84.2 Å². The molecule has 4 rings (SSSR count). The first kappa shape index (κ1) is 20.6. The number of methoxy groups -OCH3 is 1. The highest BCUT2D eigenvalue weighted by molar-refractivity contribution is 7.13. The zero-order valence-corrected chi connectivity index (χ0v) is 17.9. The van der Waals surface area contributed by atoms with Crippen molar-refractivity contribution in [2.75, 3.05) is 7.11 Å². The number of hydrogen-bond donors (Lipinski definition) is 1. The Labute approximate surface area is 185 Å². The summed E-state index contributed by atoms with van der Waals surface area (Å²) in [6.45, 7) is 0.936. The van der Waals surface area contributed by atoms with Crippen LogP contribution in [0.5, 0.6) is 11.5 Å². The molecule has 0 aliphatic rings. The van der Waals surface area contributed by atoms with Crippen LogP contribution in [0.1, 0.15) is 21.6 Å². The molecule has 31 heavy (non-hydrogen) atoms. The lowest BCUT2D eigenvalue weighted by molar-refractivity contribution is 0.0946. The zero-order chi connectivity index (χ0) is 21.5. The van der Waals surface area contributed by atoms with E-state index >= 15 is 0 Å². The molecule has 0 bridgehead atoms. The lowest BCUT2D eigenvalue weighted by Gasteiger charge is -2.08. The number of thiazole rings is 1. The predicted molar refractivity (Wildman–Crippen MR) is 122 cm³/mol. The number of amides is 1. The fourth-order valence-corrected chi connectivity index (χ4v) is 3.81. The first-order valence-corrected chi connectivity index (χ1v) is 10.7. The minimum absolute atomic E-state index is 0.176. The number of hydrogen-bond acceptors (Lipinski definition) is 5. The number of nitrogens with zero attached hydrogens (tertiary/aromatic N) is 1. The van der Waals surface area contributed by atoms with E-state index in [1.807, 2.05) is 78.9 Å². The Bertz CT molecular complexity index is 1140. The first-order chi connectivity index (χ1) is 15.2. The minimum Gasteiger partial charge on any atom is -0.497 e. The number of aromatic nitrogens is 1. The fourth-order valence-electron chi connectivity index (χ4n) is 3.00. The Morgan fingerprint density at radius 1 is 0.935 bits per heavy atom. The van der Waals surface area contributed by atoms with Gasteiger partial charge >= 0.3 is 0 Å². The quantitative estimate of drug-likeness (QED) is 0.411. The molecule has 0 atom stereocenters. The van der Waals surface area contributed by atoms with Crippen molar-refractivity contribution in [1.29, 1.82) is 0 Å². The summed E-state index contributed by atoms with van der Waals surface area (Å²) in [5, 5.41) is 5.48. The molecule has 3 aromatic carbocycles. The molecule has 0 aliphatic heterocycles. The average molecular weight is 431 g/mol. The molecule has 0 saturated carbocycles. The summed E-state index contributed by atoms with van der Waals surface area (Å²) in [6.07, 6.45) is 0. The van der Waals surface area contributed by atoms with Crippen molar-refractivity contribution in [1.82, 2.24) is 10.3 Å². The summed E-state index contributed by atoms with van der Waals surface area (Å²) in [4.78, 5) is 16.9. The number of rotatable bonds is 8. The summed E-state index contributed by atoms with van der Waals surface area (Å²) < 4.78 is 11.1. The molecule has 4 aromatic rings. The monoisotopic (exact) mass is 430 g/mol. The van der Waals surface area contributed by atoms with Crippen LogP contribution in [0.3, 0.4) is 0 Å². The topological polar surface area (TPSA) is 60.5 Å². The molecule has 1 N–H and O–H groups in total. The van der Waals surface area contributed by atoms with Gasteiger partial charge in [-0.25, -0.2) is 4.98 Å². The van der Waals surface area contributed by atoms with Gasteiger partial charge in [0.05, 0.1) is 7.11 Å². The van der Waals surface area contributed by atoms with Crippen molar-refractivity contribution in [2.24, 2.45) is 0 Å². The molecule has 0 radical (unpaired) electrons. The van der Waals surface area contributed by atoms with Crippen LogP contribution in [0, 0.1) is 0 Å². The number of ether oxygens (including phenoxy) is 2. The van der Waals surface area contributed by atoms with Crippen molar-refractivity contribution in [3.63, 3.8) is 0 Å². The number of carbonyl (C=O) groups excluding carboxylic acids is 1. The summed E-state index contributed by atoms with van der Waals surface area (Å²) >= 11 is 1.45. The van der Waals surface area contributed by atoms with E-state index in [0.29, 0.717) is 18.8 Å². The van der Waals surface area contributed by atoms with Crippen molar-refractivity contribution >= 4 is 17.2 Å². The van der Waals surface area contributed by atoms with E-state index in [2.05, 4.69) is 10.3 Å². The third-order valence-electron chi connectivity index (χ3n) is 4.67. The second kappa shape index (κ2) is 9.91. The molecule has 0 saturated heterocycles. The lowest BCUT2D eigenvalue weighted by Crippen LogP contribution is -2.23. The van der Waals surface area contributed by atoms with Crippen molar-refractivity contribution in [2.45, 2.75) is 13.2 Å². The maximum Gasteiger partial charge on any atom is 0.271 e. The molecular formula is C25H22N2O3S. The van der Waals surface area contributed by atoms with Gasteiger partial charge in [0.15, 0.2) is 0 Å². The largest absolute Gasteiger partial charge is 0.497 e. The van der Waals surface area contributed by atoms with E-state index in [9.17, 15) is 4.79 Å². The third kappa shape index (κ3) is 5.49. The smallest absolute Gasteiger partial charge is 0.271 e. The standard InChI is InChI=1S/C25H22N2O3S/c1-29-22-9-5-8-19(14-22)16-30-21-12-10-20(11-13-21)25-27-23(17-31-25)24(28)26-15-18-6-3-2-4-7-18/h2-14,17H,15-16H2,1H3,(H,26,28). The van der Waals surface area contributed by atoms with Gasteiger partial charge in [-0.3, -0.25) is 4.79 Å². The maximum absolute atomic E-state index is 12.4. The minimum atomic E-state index is -0.176. The fraction of sp³-hybridized carbons (Fsp3) is 0.120. The normalized spacial score (nSPS) is 10.5. The van der Waals surface area contributed by atoms with E-state index < -0.39 is 0 Å². The molecule has 0 unspecified atom stereocenters. The molecule has 1 amide bonds. The number of carbonyl (C=O) groups is 1. The highest BCUT2D eigenvalue weighted by Crippen LogP contribution is 2.26. The Morgan fingerprint density at radius 3 is 2.48 bits per heavy atom. The van der Waals surface area contributed by atoms with Crippen molar-refractivity contribution < 1.29 is 14.3 Å². The second-order valence-corrected chi connectivity index (χ2v) is 7.73. The van der Waals surface area contributed by atoms with Gasteiger partial charge in [0.25, 0.3) is 5.91 Å². The van der Waals surface area contributed by atoms with Crippen molar-refractivity contribution in [3.05, 3.63) is 101 Å². The van der Waals surface area contributed by atoms with Gasteiger partial charge in [-0.1, -0.05) is 42.5 Å². The Hall–Kier alpha value is -3.64. The highest BCUT2D eigenvalue weighted by Gasteiger charge is 2.12. The molecule has 0 spiro atoms. The number of nitrogens with one attached hydrogen (secondary N) is 1. The number of benzene rings is 3. The SMILES string of the molecule is COc1cccc(COc2ccc(-c3nc(C(=O)NCc4ccccc4)cs3)cc2)c1. The molecule has 156 valence electrons. The highest BCUT2D eigenvalue weighted by atomic mass is 32.1. The van der Waals surface area contributed by atoms with Gasteiger partial charge in [0.1, 0.15) is 28.8 Å². The van der Waals surface area contributed by atoms with E-state index in [1.165, 1.54) is 11.3 Å². The van der Waals surface area contributed by atoms with Gasteiger partial charge < -0.3 is 14.8 Å². The van der Waals surface area contributed by atoms with Crippen LogP contribution in [0.2, 0.25) is 0 Å². The van der Waals surface area contributed by atoms with Gasteiger partial charge in [0.2, 0.25) is 0 Å². The second-order valence-electron chi connectivity index (χ2n) is 6.87. The molecular weight excluding hydrogens is 408 g/mol. The molecule has 1 aromatic heterocycles. The lowest BCUT2D eigenvalue weighted by atomic mass is 10.2. The Kier molecular flexibility index (Phi) is 6.59. The van der Waals surface area contributed by atoms with Crippen molar-refractivity contribution in [3.8, 4) is 22.1 Å². The van der Waals surface area contributed by atoms with Crippen LogP contribution in [-0.4, -0.2) is 18.0 Å². The average Bonchev–Trinajstić information content (AvgIpc) is 3.33. The summed E-state index contributed by atoms with van der Waals surface area (Å²) in [6, 6.07) is 25.3. The molecule has 6 heteroatoms. The first-order valence-electron chi connectivity index (χ1n) is 9.85. The van der Waals surface area contributed by atoms with E-state index in [4.69, 9.17) is 9.47 Å². The summed E-state index contributed by atoms with van der Waals surface area (Å²) in [5.41, 5.74) is 3.46. The molecule has 1 heterocycles. The third-order valence-corrected chi connectivity index (χ3v) is 5.56. The molecule has 5 nitrogen and oxygen atoms in total. The zero-order valence-electron chi connectivity index (χ0n) is 17.1. The van der Waals surface area contributed by atoms with Crippen LogP contribution >= 0.6 is 11.3 Å². The molecule has 0 aliphatic carbocycles. The van der Waals surface area contributed by atoms with Crippen LogP contribution in [0.25, 0.3) is 10.6 Å². The predicted octanol–water partition coefficient (Wildman–Crippen LogP) is 5.33.